The average molecular weight is 685 g/mol. The Morgan fingerprint density at radius 2 is 1.04 bits per heavy atom. The average Bonchev–Trinajstić information content (AvgIpc) is 3.89. The molecule has 0 saturated carbocycles. The second-order valence-corrected chi connectivity index (χ2v) is 15.6. The Morgan fingerprint density at radius 1 is 0.472 bits per heavy atom. The van der Waals surface area contributed by atoms with Crippen molar-refractivity contribution in [3.05, 3.63) is 168 Å². The van der Waals surface area contributed by atoms with Gasteiger partial charge in [0.2, 0.25) is 5.89 Å². The van der Waals surface area contributed by atoms with Crippen molar-refractivity contribution in [3.63, 3.8) is 0 Å². The molecule has 11 rings (SSSR count). The highest BCUT2D eigenvalue weighted by Gasteiger charge is 2.40. The molecule has 0 saturated heterocycles. The van der Waals surface area contributed by atoms with E-state index in [-0.39, 0.29) is 10.8 Å². The minimum Gasteiger partial charge on any atom is -0.456 e. The van der Waals surface area contributed by atoms with Gasteiger partial charge in [0.15, 0.2) is 5.58 Å². The molecule has 254 valence electrons. The second-order valence-electron chi connectivity index (χ2n) is 15.6. The zero-order valence-corrected chi connectivity index (χ0v) is 30.1. The highest BCUT2D eigenvalue weighted by Crippen LogP contribution is 2.58. The first-order valence-electron chi connectivity index (χ1n) is 18.4. The van der Waals surface area contributed by atoms with Crippen LogP contribution in [0.25, 0.3) is 66.7 Å². The zero-order chi connectivity index (χ0) is 35.6. The monoisotopic (exact) mass is 684 g/mol. The summed E-state index contributed by atoms with van der Waals surface area (Å²) >= 11 is 0. The van der Waals surface area contributed by atoms with E-state index in [1.165, 1.54) is 44.5 Å². The summed E-state index contributed by atoms with van der Waals surface area (Å²) in [5, 5.41) is 2.05. The van der Waals surface area contributed by atoms with E-state index in [1.54, 1.807) is 0 Å². The third-order valence-corrected chi connectivity index (χ3v) is 11.9. The van der Waals surface area contributed by atoms with Crippen LogP contribution in [0.5, 0.6) is 0 Å². The van der Waals surface area contributed by atoms with Gasteiger partial charge in [-0.3, -0.25) is 0 Å². The largest absolute Gasteiger partial charge is 0.456 e. The molecule has 53 heavy (non-hydrogen) atoms. The van der Waals surface area contributed by atoms with Gasteiger partial charge in [0.1, 0.15) is 16.7 Å². The molecule has 0 aliphatic heterocycles. The van der Waals surface area contributed by atoms with Gasteiger partial charge in [-0.1, -0.05) is 119 Å². The first kappa shape index (κ1) is 30.3. The number of aromatic nitrogens is 1. The van der Waals surface area contributed by atoms with Crippen molar-refractivity contribution >= 4 is 50.1 Å². The van der Waals surface area contributed by atoms with Crippen LogP contribution in [-0.2, 0) is 10.8 Å². The number of hydrogen-bond acceptors (Lipinski definition) is 4. The highest BCUT2D eigenvalue weighted by molar-refractivity contribution is 6.11. The maximum atomic E-state index is 6.51. The van der Waals surface area contributed by atoms with Crippen molar-refractivity contribution in [1.29, 1.82) is 0 Å². The van der Waals surface area contributed by atoms with E-state index in [9.17, 15) is 0 Å². The number of benzene rings is 7. The summed E-state index contributed by atoms with van der Waals surface area (Å²) < 4.78 is 12.7. The molecule has 4 nitrogen and oxygen atoms in total. The normalized spacial score (nSPS) is 14.7. The molecule has 0 fully saturated rings. The smallest absolute Gasteiger partial charge is 0.227 e. The summed E-state index contributed by atoms with van der Waals surface area (Å²) in [6.45, 7) is 9.40. The fourth-order valence-corrected chi connectivity index (χ4v) is 9.28. The molecule has 0 atom stereocenters. The first-order valence-corrected chi connectivity index (χ1v) is 18.4. The molecule has 2 aromatic heterocycles. The Kier molecular flexibility index (Phi) is 6.04. The molecule has 0 N–H and O–H groups in total. The van der Waals surface area contributed by atoms with Crippen molar-refractivity contribution in [2.45, 2.75) is 38.5 Å². The standard InChI is InChI=1S/C49H36N2O2/c1-48(2)35-18-10-8-16-31(35)45-37(48)20-12-22-40(45)51(41-23-13-21-38-46(41)32-17-9-11-19-36(32)49(38,3)4)30-24-25-42-33(26-30)34-27-39-44(28-43(34)52-42)53-47(50-39)29-14-6-5-7-15-29/h5-28H,1-4H3. The van der Waals surface area contributed by atoms with E-state index < -0.39 is 0 Å². The van der Waals surface area contributed by atoms with Crippen LogP contribution >= 0.6 is 0 Å². The maximum Gasteiger partial charge on any atom is 0.227 e. The van der Waals surface area contributed by atoms with Gasteiger partial charge in [-0.05, 0) is 81.9 Å². The fourth-order valence-electron chi connectivity index (χ4n) is 9.28. The van der Waals surface area contributed by atoms with Crippen molar-refractivity contribution in [1.82, 2.24) is 4.98 Å². The molecule has 2 aliphatic carbocycles. The molecular weight excluding hydrogens is 649 g/mol. The molecule has 2 heterocycles. The second kappa shape index (κ2) is 10.6. The SMILES string of the molecule is CC1(C)c2ccccc2-c2c(N(c3ccc4oc5cc6oc(-c7ccccc7)nc6cc5c4c3)c3cccc4c3-c3ccccc3C4(C)C)cccc21. The van der Waals surface area contributed by atoms with Crippen LogP contribution in [0.15, 0.2) is 154 Å². The number of fused-ring (bicyclic) bond motifs is 10. The van der Waals surface area contributed by atoms with Gasteiger partial charge in [0.05, 0.1) is 11.4 Å². The van der Waals surface area contributed by atoms with Crippen LogP contribution in [0.1, 0.15) is 49.9 Å². The molecule has 0 spiro atoms. The van der Waals surface area contributed by atoms with E-state index in [0.29, 0.717) is 11.5 Å². The van der Waals surface area contributed by atoms with Crippen LogP contribution in [0.2, 0.25) is 0 Å². The van der Waals surface area contributed by atoms with Crippen molar-refractivity contribution in [2.75, 3.05) is 4.90 Å². The number of nitrogens with zero attached hydrogens (tertiary/aromatic N) is 2. The molecule has 9 aromatic rings. The maximum absolute atomic E-state index is 6.51. The zero-order valence-electron chi connectivity index (χ0n) is 30.1. The van der Waals surface area contributed by atoms with E-state index in [0.717, 1.165) is 50.1 Å². The van der Waals surface area contributed by atoms with Crippen LogP contribution in [0.4, 0.5) is 17.1 Å². The Morgan fingerprint density at radius 3 is 1.68 bits per heavy atom. The van der Waals surface area contributed by atoms with Crippen molar-refractivity contribution in [3.8, 4) is 33.7 Å². The summed E-state index contributed by atoms with van der Waals surface area (Å²) in [4.78, 5) is 7.40. The Balaban J connectivity index is 1.18. The summed E-state index contributed by atoms with van der Waals surface area (Å²) in [7, 11) is 0. The summed E-state index contributed by atoms with van der Waals surface area (Å²) in [5.41, 5.74) is 17.7. The summed E-state index contributed by atoms with van der Waals surface area (Å²) in [6.07, 6.45) is 0. The predicted octanol–water partition coefficient (Wildman–Crippen LogP) is 13.5. The number of oxazole rings is 1. The number of rotatable bonds is 4. The molecule has 0 unspecified atom stereocenters. The van der Waals surface area contributed by atoms with Gasteiger partial charge in [-0.2, -0.15) is 0 Å². The highest BCUT2D eigenvalue weighted by atomic mass is 16.4. The summed E-state index contributed by atoms with van der Waals surface area (Å²) in [6, 6.07) is 52.2. The van der Waals surface area contributed by atoms with Gasteiger partial charge in [-0.15, -0.1) is 0 Å². The number of anilines is 3. The molecule has 2 aliphatic rings. The van der Waals surface area contributed by atoms with Gasteiger partial charge < -0.3 is 13.7 Å². The predicted molar refractivity (Wildman–Crippen MR) is 217 cm³/mol. The third kappa shape index (κ3) is 4.15. The Labute approximate surface area is 308 Å². The van der Waals surface area contributed by atoms with Gasteiger partial charge in [0, 0.05) is 50.0 Å². The third-order valence-electron chi connectivity index (χ3n) is 11.9. The van der Waals surface area contributed by atoms with E-state index >= 15 is 0 Å². The van der Waals surface area contributed by atoms with E-state index in [2.05, 4.69) is 142 Å². The van der Waals surface area contributed by atoms with E-state index in [4.69, 9.17) is 13.8 Å². The summed E-state index contributed by atoms with van der Waals surface area (Å²) in [5.74, 6) is 0.603. The molecule has 0 radical (unpaired) electrons. The quantitative estimate of drug-likeness (QED) is 0.185. The van der Waals surface area contributed by atoms with Crippen LogP contribution in [0.3, 0.4) is 0 Å². The Hall–Kier alpha value is -6.39. The van der Waals surface area contributed by atoms with E-state index in [1.807, 2.05) is 36.4 Å². The molecular formula is C49H36N2O2. The van der Waals surface area contributed by atoms with Crippen LogP contribution in [-0.4, -0.2) is 4.98 Å². The first-order chi connectivity index (χ1) is 25.8. The van der Waals surface area contributed by atoms with Crippen LogP contribution in [0, 0.1) is 0 Å². The van der Waals surface area contributed by atoms with Gasteiger partial charge >= 0.3 is 0 Å². The minimum atomic E-state index is -0.132. The van der Waals surface area contributed by atoms with Gasteiger partial charge in [0.25, 0.3) is 0 Å². The van der Waals surface area contributed by atoms with Crippen LogP contribution < -0.4 is 4.90 Å². The lowest BCUT2D eigenvalue weighted by atomic mass is 9.82. The molecule has 4 heteroatoms. The minimum absolute atomic E-state index is 0.132. The number of hydrogen-bond donors (Lipinski definition) is 0. The topological polar surface area (TPSA) is 42.4 Å². The Bertz CT molecular complexity index is 2860. The fraction of sp³-hybridized carbons (Fsp3) is 0.122. The molecule has 0 amide bonds. The van der Waals surface area contributed by atoms with Crippen molar-refractivity contribution < 1.29 is 8.83 Å². The molecule has 7 aromatic carbocycles. The number of furan rings is 1. The van der Waals surface area contributed by atoms with Gasteiger partial charge in [-0.25, -0.2) is 4.98 Å². The lowest BCUT2D eigenvalue weighted by molar-refractivity contribution is 0.617. The lowest BCUT2D eigenvalue weighted by Crippen LogP contribution is -2.17. The van der Waals surface area contributed by atoms with Crippen molar-refractivity contribution in [2.24, 2.45) is 0 Å². The lowest BCUT2D eigenvalue weighted by Gasteiger charge is -2.31. The molecule has 0 bridgehead atoms.